The van der Waals surface area contributed by atoms with Crippen LogP contribution in [0, 0.1) is 0 Å². The van der Waals surface area contributed by atoms with Crippen molar-refractivity contribution < 1.29 is 4.90 Å². The van der Waals surface area contributed by atoms with Gasteiger partial charge >= 0.3 is 0 Å². The van der Waals surface area contributed by atoms with Gasteiger partial charge in [-0.25, -0.2) is 0 Å². The van der Waals surface area contributed by atoms with Gasteiger partial charge in [0.15, 0.2) is 0 Å². The van der Waals surface area contributed by atoms with Gasteiger partial charge in [-0.05, 0) is 0 Å². The smallest absolute Gasteiger partial charge is 0.0661 e. The van der Waals surface area contributed by atoms with Crippen LogP contribution in [-0.2, 0) is 0 Å². The van der Waals surface area contributed by atoms with E-state index in [9.17, 15) is 0 Å². The first kappa shape index (κ1) is 9.18. The Morgan fingerprint density at radius 3 is 0.800 bits per heavy atom. The summed E-state index contributed by atoms with van der Waals surface area (Å²) in [4.78, 5) is 1.42. The number of rotatable bonds is 0. The molecule has 1 aromatic rings. The van der Waals surface area contributed by atoms with Gasteiger partial charge in [0.2, 0.25) is 0 Å². The third-order valence-electron chi connectivity index (χ3n) is 0.667. The molecule has 0 saturated heterocycles. The lowest BCUT2D eigenvalue weighted by atomic mass is 10.4. The van der Waals surface area contributed by atoms with Crippen molar-refractivity contribution in [2.45, 2.75) is 0 Å². The summed E-state index contributed by atoms with van der Waals surface area (Å²) < 4.78 is 0. The van der Waals surface area contributed by atoms with Crippen molar-refractivity contribution in [3.05, 3.63) is 36.4 Å². The van der Waals surface area contributed by atoms with E-state index in [-0.39, 0.29) is 0 Å². The molecular formula is C9H16N+. The van der Waals surface area contributed by atoms with E-state index in [1.54, 1.807) is 0 Å². The maximum Gasteiger partial charge on any atom is 0.0661 e. The predicted octanol–water partition coefficient (Wildman–Crippen LogP) is 0.447. The lowest BCUT2D eigenvalue weighted by Gasteiger charge is -1.88. The molecule has 0 spiro atoms. The van der Waals surface area contributed by atoms with Crippen molar-refractivity contribution in [1.82, 2.24) is 0 Å². The SMILES string of the molecule is C[NH+](C)C.c1ccccc1. The second kappa shape index (κ2) is 6.30. The van der Waals surface area contributed by atoms with Crippen LogP contribution < -0.4 is 4.90 Å². The van der Waals surface area contributed by atoms with Gasteiger partial charge in [-0.2, -0.15) is 0 Å². The quantitative estimate of drug-likeness (QED) is 0.531. The molecule has 1 rings (SSSR count). The molecule has 0 unspecified atom stereocenters. The zero-order valence-corrected chi connectivity index (χ0v) is 6.96. The van der Waals surface area contributed by atoms with Crippen molar-refractivity contribution >= 4 is 0 Å². The Labute approximate surface area is 63.3 Å². The van der Waals surface area contributed by atoms with Gasteiger partial charge in [0.1, 0.15) is 0 Å². The number of hydrogen-bond donors (Lipinski definition) is 1. The van der Waals surface area contributed by atoms with Crippen LogP contribution in [0.5, 0.6) is 0 Å². The summed E-state index contributed by atoms with van der Waals surface area (Å²) in [7, 11) is 6.25. The normalized spacial score (nSPS) is 8.40. The number of nitrogens with one attached hydrogen (secondary N) is 1. The molecule has 0 aromatic heterocycles. The zero-order chi connectivity index (χ0) is 7.82. The minimum Gasteiger partial charge on any atom is -0.342 e. The first-order valence-corrected chi connectivity index (χ1v) is 3.50. The van der Waals surface area contributed by atoms with Gasteiger partial charge in [0.25, 0.3) is 0 Å². The van der Waals surface area contributed by atoms with Crippen LogP contribution in [0.4, 0.5) is 0 Å². The van der Waals surface area contributed by atoms with Crippen molar-refractivity contribution in [2.75, 3.05) is 21.1 Å². The van der Waals surface area contributed by atoms with Crippen LogP contribution in [-0.4, -0.2) is 21.1 Å². The van der Waals surface area contributed by atoms with E-state index in [2.05, 4.69) is 21.1 Å². The summed E-state index contributed by atoms with van der Waals surface area (Å²) >= 11 is 0. The molecule has 1 heteroatoms. The molecule has 0 heterocycles. The fourth-order valence-corrected chi connectivity index (χ4v) is 0.385. The third kappa shape index (κ3) is 10.2. The molecule has 0 aliphatic rings. The maximum atomic E-state index is 2.08. The third-order valence-corrected chi connectivity index (χ3v) is 0.667. The lowest BCUT2D eigenvalue weighted by molar-refractivity contribution is -0.836. The highest BCUT2D eigenvalue weighted by atomic mass is 15.0. The summed E-state index contributed by atoms with van der Waals surface area (Å²) in [5.41, 5.74) is 0. The molecule has 0 amide bonds. The molecule has 1 aromatic carbocycles. The van der Waals surface area contributed by atoms with E-state index in [4.69, 9.17) is 0 Å². The van der Waals surface area contributed by atoms with Gasteiger partial charge in [0, 0.05) is 0 Å². The summed E-state index contributed by atoms with van der Waals surface area (Å²) in [5.74, 6) is 0. The Bertz CT molecular complexity index is 105. The number of quaternary nitrogens is 1. The molecule has 0 radical (unpaired) electrons. The van der Waals surface area contributed by atoms with Crippen LogP contribution in [0.25, 0.3) is 0 Å². The monoisotopic (exact) mass is 138 g/mol. The molecule has 0 saturated carbocycles. The molecule has 0 aliphatic carbocycles. The molecule has 56 valence electrons. The molecule has 0 bridgehead atoms. The molecule has 1 N–H and O–H groups in total. The average molecular weight is 138 g/mol. The maximum absolute atomic E-state index is 2.08. The molecular weight excluding hydrogens is 122 g/mol. The highest BCUT2D eigenvalue weighted by Crippen LogP contribution is 1.79. The number of hydrogen-bond acceptors (Lipinski definition) is 0. The van der Waals surface area contributed by atoms with Gasteiger partial charge in [-0.3, -0.25) is 0 Å². The van der Waals surface area contributed by atoms with E-state index in [1.807, 2.05) is 36.4 Å². The Morgan fingerprint density at radius 1 is 0.600 bits per heavy atom. The second-order valence-electron chi connectivity index (χ2n) is 2.65. The molecule has 0 fully saturated rings. The van der Waals surface area contributed by atoms with Gasteiger partial charge in [-0.1, -0.05) is 36.4 Å². The molecule has 1 nitrogen and oxygen atoms in total. The van der Waals surface area contributed by atoms with E-state index < -0.39 is 0 Å². The average Bonchev–Trinajstić information content (AvgIpc) is 1.90. The van der Waals surface area contributed by atoms with Gasteiger partial charge in [0.05, 0.1) is 21.1 Å². The molecule has 0 aliphatic heterocycles. The fraction of sp³-hybridized carbons (Fsp3) is 0.333. The van der Waals surface area contributed by atoms with Crippen LogP contribution in [0.15, 0.2) is 36.4 Å². The minimum atomic E-state index is 1.42. The van der Waals surface area contributed by atoms with Crippen molar-refractivity contribution in [2.24, 2.45) is 0 Å². The van der Waals surface area contributed by atoms with Crippen LogP contribution >= 0.6 is 0 Å². The van der Waals surface area contributed by atoms with E-state index in [0.717, 1.165) is 0 Å². The van der Waals surface area contributed by atoms with E-state index >= 15 is 0 Å². The van der Waals surface area contributed by atoms with Crippen LogP contribution in [0.1, 0.15) is 0 Å². The Morgan fingerprint density at radius 2 is 0.700 bits per heavy atom. The number of benzene rings is 1. The van der Waals surface area contributed by atoms with Crippen molar-refractivity contribution in [3.8, 4) is 0 Å². The first-order valence-electron chi connectivity index (χ1n) is 3.50. The standard InChI is InChI=1S/C6H6.C3H9N/c1-2-4-6-5-3-1;1-4(2)3/h1-6H;1-3H3/p+1. The van der Waals surface area contributed by atoms with E-state index in [0.29, 0.717) is 0 Å². The second-order valence-corrected chi connectivity index (χ2v) is 2.65. The summed E-state index contributed by atoms with van der Waals surface area (Å²) in [6.45, 7) is 0. The highest BCUT2D eigenvalue weighted by Gasteiger charge is 1.61. The Hall–Kier alpha value is -0.820. The largest absolute Gasteiger partial charge is 0.342 e. The minimum absolute atomic E-state index is 1.42. The van der Waals surface area contributed by atoms with Gasteiger partial charge < -0.3 is 4.90 Å². The van der Waals surface area contributed by atoms with Crippen LogP contribution in [0.2, 0.25) is 0 Å². The zero-order valence-electron chi connectivity index (χ0n) is 6.96. The summed E-state index contributed by atoms with van der Waals surface area (Å²) in [5, 5.41) is 0. The predicted molar refractivity (Wildman–Crippen MR) is 45.2 cm³/mol. The van der Waals surface area contributed by atoms with Crippen molar-refractivity contribution in [1.29, 1.82) is 0 Å². The topological polar surface area (TPSA) is 4.44 Å². The molecule has 10 heavy (non-hydrogen) atoms. The molecule has 0 atom stereocenters. The van der Waals surface area contributed by atoms with Crippen molar-refractivity contribution in [3.63, 3.8) is 0 Å². The summed E-state index contributed by atoms with van der Waals surface area (Å²) in [6.07, 6.45) is 0. The first-order chi connectivity index (χ1) is 4.73. The Balaban J connectivity index is 0.000000180. The van der Waals surface area contributed by atoms with Crippen LogP contribution in [0.3, 0.4) is 0 Å². The highest BCUT2D eigenvalue weighted by molar-refractivity contribution is 4.99. The fourth-order valence-electron chi connectivity index (χ4n) is 0.385. The lowest BCUT2D eigenvalue weighted by Crippen LogP contribution is -3.02. The Kier molecular flexibility index (Phi) is 5.79. The van der Waals surface area contributed by atoms with E-state index in [1.165, 1.54) is 4.90 Å². The summed E-state index contributed by atoms with van der Waals surface area (Å²) in [6, 6.07) is 12.0. The van der Waals surface area contributed by atoms with Gasteiger partial charge in [-0.15, -0.1) is 0 Å².